The molecule has 0 aliphatic carbocycles. The highest BCUT2D eigenvalue weighted by Crippen LogP contribution is 2.23. The maximum Gasteiger partial charge on any atom is 0.274 e. The lowest BCUT2D eigenvalue weighted by Crippen LogP contribution is -2.23. The Morgan fingerprint density at radius 1 is 1.06 bits per heavy atom. The fourth-order valence-electron chi connectivity index (χ4n) is 3.38. The van der Waals surface area contributed by atoms with Gasteiger partial charge in [0.2, 0.25) is 0 Å². The molecular weight excluding hydrogens is 434 g/mol. The van der Waals surface area contributed by atoms with Crippen LogP contribution in [0.5, 0.6) is 11.5 Å². The SMILES string of the molecule is Cc1ccc(OCC(=O)Nc2ccc(C)c(OCc3cc(=O)n4c(ncn4C(C)C)n3)c2)cc1. The summed E-state index contributed by atoms with van der Waals surface area (Å²) in [5.74, 6) is 1.25. The fourth-order valence-corrected chi connectivity index (χ4v) is 3.38. The molecular formula is C25H27N5O4. The van der Waals surface area contributed by atoms with Gasteiger partial charge in [-0.25, -0.2) is 4.98 Å². The molecule has 0 saturated heterocycles. The third-order valence-corrected chi connectivity index (χ3v) is 5.22. The number of hydrogen-bond acceptors (Lipinski definition) is 6. The number of carbonyl (C=O) groups is 1. The van der Waals surface area contributed by atoms with Crippen molar-refractivity contribution in [2.24, 2.45) is 0 Å². The average molecular weight is 462 g/mol. The molecule has 2 aromatic heterocycles. The zero-order valence-electron chi connectivity index (χ0n) is 19.6. The largest absolute Gasteiger partial charge is 0.487 e. The molecule has 2 heterocycles. The van der Waals surface area contributed by atoms with Crippen LogP contribution in [0.4, 0.5) is 5.69 Å². The number of nitrogens with one attached hydrogen (secondary N) is 1. The maximum absolute atomic E-state index is 12.6. The summed E-state index contributed by atoms with van der Waals surface area (Å²) in [6.07, 6.45) is 1.60. The fraction of sp³-hybridized carbons (Fsp3) is 0.280. The van der Waals surface area contributed by atoms with Gasteiger partial charge < -0.3 is 14.8 Å². The molecule has 0 radical (unpaired) electrons. The standard InChI is InChI=1S/C25H27N5O4/c1-16(2)29-15-26-25-28-20(12-24(32)30(25)29)13-34-22-11-19(8-7-18(22)4)27-23(31)14-33-21-9-5-17(3)6-10-21/h5-12,15-16H,13-14H2,1-4H3,(H,27,31). The van der Waals surface area contributed by atoms with E-state index in [2.05, 4.69) is 15.3 Å². The molecule has 34 heavy (non-hydrogen) atoms. The number of fused-ring (bicyclic) bond motifs is 1. The minimum absolute atomic E-state index is 0.0782. The number of ether oxygens (including phenoxy) is 2. The van der Waals surface area contributed by atoms with Gasteiger partial charge in [0.15, 0.2) is 6.61 Å². The van der Waals surface area contributed by atoms with Crippen molar-refractivity contribution < 1.29 is 14.3 Å². The van der Waals surface area contributed by atoms with Gasteiger partial charge in [-0.2, -0.15) is 9.50 Å². The van der Waals surface area contributed by atoms with Gasteiger partial charge >= 0.3 is 0 Å². The summed E-state index contributed by atoms with van der Waals surface area (Å²) in [6.45, 7) is 7.80. The Kier molecular flexibility index (Phi) is 6.62. The number of nitrogens with zero attached hydrogens (tertiary/aromatic N) is 4. The minimum atomic E-state index is -0.281. The quantitative estimate of drug-likeness (QED) is 0.430. The van der Waals surface area contributed by atoms with Crippen molar-refractivity contribution in [1.82, 2.24) is 19.2 Å². The van der Waals surface area contributed by atoms with Crippen LogP contribution in [0.15, 0.2) is 59.7 Å². The Morgan fingerprint density at radius 3 is 2.56 bits per heavy atom. The second kappa shape index (κ2) is 9.78. The van der Waals surface area contributed by atoms with Crippen molar-refractivity contribution in [2.45, 2.75) is 40.3 Å². The van der Waals surface area contributed by atoms with E-state index in [0.717, 1.165) is 11.1 Å². The molecule has 176 valence electrons. The van der Waals surface area contributed by atoms with Gasteiger partial charge in [-0.3, -0.25) is 14.3 Å². The smallest absolute Gasteiger partial charge is 0.274 e. The molecule has 0 unspecified atom stereocenters. The predicted octanol–water partition coefficient (Wildman–Crippen LogP) is 3.69. The highest BCUT2D eigenvalue weighted by molar-refractivity contribution is 5.92. The second-order valence-electron chi connectivity index (χ2n) is 8.33. The summed E-state index contributed by atoms with van der Waals surface area (Å²) in [5, 5.41) is 2.81. The first kappa shape index (κ1) is 23.0. The number of aromatic nitrogens is 4. The highest BCUT2D eigenvalue weighted by Gasteiger charge is 2.12. The van der Waals surface area contributed by atoms with Gasteiger partial charge in [-0.15, -0.1) is 0 Å². The van der Waals surface area contributed by atoms with Gasteiger partial charge in [0.1, 0.15) is 24.4 Å². The number of hydrogen-bond donors (Lipinski definition) is 1. The van der Waals surface area contributed by atoms with E-state index in [9.17, 15) is 9.59 Å². The number of carbonyl (C=O) groups excluding carboxylic acids is 1. The summed E-state index contributed by atoms with van der Waals surface area (Å²) in [5.41, 5.74) is 2.84. The molecule has 0 fully saturated rings. The molecule has 0 atom stereocenters. The molecule has 0 spiro atoms. The lowest BCUT2D eigenvalue weighted by atomic mass is 10.2. The normalized spacial score (nSPS) is 11.1. The topological polar surface area (TPSA) is 99.7 Å². The van der Waals surface area contributed by atoms with Crippen LogP contribution in [0.3, 0.4) is 0 Å². The van der Waals surface area contributed by atoms with E-state index in [1.807, 2.05) is 58.0 Å². The number of benzene rings is 2. The first-order valence-corrected chi connectivity index (χ1v) is 11.0. The van der Waals surface area contributed by atoms with E-state index in [-0.39, 0.29) is 30.7 Å². The monoisotopic (exact) mass is 461 g/mol. The number of rotatable bonds is 8. The summed E-state index contributed by atoms with van der Waals surface area (Å²) >= 11 is 0. The van der Waals surface area contributed by atoms with Crippen LogP contribution in [0, 0.1) is 13.8 Å². The van der Waals surface area contributed by atoms with Crippen molar-refractivity contribution in [3.63, 3.8) is 0 Å². The van der Waals surface area contributed by atoms with Crippen LogP contribution in [0.2, 0.25) is 0 Å². The average Bonchev–Trinajstić information content (AvgIpc) is 3.24. The summed E-state index contributed by atoms with van der Waals surface area (Å²) in [4.78, 5) is 33.5. The summed E-state index contributed by atoms with van der Waals surface area (Å²) < 4.78 is 14.6. The Morgan fingerprint density at radius 2 is 1.82 bits per heavy atom. The molecule has 4 aromatic rings. The van der Waals surface area contributed by atoms with E-state index in [0.29, 0.717) is 28.7 Å². The highest BCUT2D eigenvalue weighted by atomic mass is 16.5. The zero-order chi connectivity index (χ0) is 24.2. The van der Waals surface area contributed by atoms with Crippen molar-refractivity contribution in [1.29, 1.82) is 0 Å². The van der Waals surface area contributed by atoms with Gasteiger partial charge in [0.25, 0.3) is 17.2 Å². The molecule has 9 nitrogen and oxygen atoms in total. The van der Waals surface area contributed by atoms with Gasteiger partial charge in [0.05, 0.1) is 5.69 Å². The van der Waals surface area contributed by atoms with Crippen molar-refractivity contribution in [2.75, 3.05) is 11.9 Å². The number of anilines is 1. The first-order chi connectivity index (χ1) is 16.3. The molecule has 2 aromatic carbocycles. The Balaban J connectivity index is 1.40. The molecule has 9 heteroatoms. The molecule has 1 N–H and O–H groups in total. The Bertz CT molecular complexity index is 1370. The molecule has 0 bridgehead atoms. The van der Waals surface area contributed by atoms with Crippen LogP contribution in [-0.2, 0) is 11.4 Å². The molecule has 0 aliphatic heterocycles. The molecule has 0 aliphatic rings. The van der Waals surface area contributed by atoms with E-state index in [4.69, 9.17) is 9.47 Å². The van der Waals surface area contributed by atoms with E-state index in [1.54, 1.807) is 23.1 Å². The molecule has 0 saturated carbocycles. The molecule has 1 amide bonds. The van der Waals surface area contributed by atoms with Gasteiger partial charge in [-0.1, -0.05) is 23.8 Å². The summed E-state index contributed by atoms with van der Waals surface area (Å²) in [7, 11) is 0. The van der Waals surface area contributed by atoms with Gasteiger partial charge in [-0.05, 0) is 51.5 Å². The summed E-state index contributed by atoms with van der Waals surface area (Å²) in [6, 6.07) is 14.4. The predicted molar refractivity (Wildman–Crippen MR) is 128 cm³/mol. The number of aryl methyl sites for hydroxylation is 2. The van der Waals surface area contributed by atoms with E-state index >= 15 is 0 Å². The lowest BCUT2D eigenvalue weighted by Gasteiger charge is -2.12. The Hall–Kier alpha value is -4.14. The number of amides is 1. The van der Waals surface area contributed by atoms with E-state index < -0.39 is 0 Å². The first-order valence-electron chi connectivity index (χ1n) is 11.0. The van der Waals surface area contributed by atoms with Crippen LogP contribution in [-0.4, -0.2) is 31.7 Å². The van der Waals surface area contributed by atoms with E-state index in [1.165, 1.54) is 10.6 Å². The second-order valence-corrected chi connectivity index (χ2v) is 8.33. The third-order valence-electron chi connectivity index (χ3n) is 5.22. The van der Waals surface area contributed by atoms with Crippen molar-refractivity contribution in [3.8, 4) is 11.5 Å². The van der Waals surface area contributed by atoms with Crippen LogP contribution < -0.4 is 20.3 Å². The lowest BCUT2D eigenvalue weighted by molar-refractivity contribution is -0.118. The van der Waals surface area contributed by atoms with Gasteiger partial charge in [0, 0.05) is 23.9 Å². The molecule has 4 rings (SSSR count). The van der Waals surface area contributed by atoms with Crippen LogP contribution >= 0.6 is 0 Å². The minimum Gasteiger partial charge on any atom is -0.487 e. The Labute approximate surface area is 197 Å². The van der Waals surface area contributed by atoms with Crippen molar-refractivity contribution in [3.05, 3.63) is 82.0 Å². The van der Waals surface area contributed by atoms with Crippen LogP contribution in [0.1, 0.15) is 36.7 Å². The maximum atomic E-state index is 12.6. The third kappa shape index (κ3) is 5.25. The van der Waals surface area contributed by atoms with Crippen molar-refractivity contribution >= 4 is 17.4 Å². The zero-order valence-corrected chi connectivity index (χ0v) is 19.6. The van der Waals surface area contributed by atoms with Crippen LogP contribution in [0.25, 0.3) is 5.78 Å².